The standard InChI is InChI=1S/C47H57ClFN7O8S/c1-29-42(65-28-53-29)31-11-9-30(10-12-31)25-50-45(59)38-22-33(57)26-56(38)46(60)43(47(2,3)4)55-41(58)15-18-63-20-19-62-16-7-6-8-17-64-40-23-34-37(24-39(40)61-5)51-27-52-44(34)54-32-13-14-36(49)35(48)21-32/h9-14,21,23-24,27-28,33,38,43,57H,6-8,15-20,22,25-26H2,1-5H3,(H,50,59)(H,55,58)(H,51,52,54)/t33?,38?,43-/m1/s1. The largest absolute Gasteiger partial charge is 0.493 e. The first kappa shape index (κ1) is 49.0. The Kier molecular flexibility index (Phi) is 17.4. The molecule has 18 heteroatoms. The molecule has 4 N–H and O–H groups in total. The molecule has 65 heavy (non-hydrogen) atoms. The van der Waals surface area contributed by atoms with Crippen molar-refractivity contribution in [3.63, 3.8) is 0 Å². The zero-order valence-corrected chi connectivity index (χ0v) is 38.9. The van der Waals surface area contributed by atoms with Crippen LogP contribution in [-0.2, 0) is 30.4 Å². The normalized spacial score (nSPS) is 15.5. The number of anilines is 2. The van der Waals surface area contributed by atoms with E-state index in [1.54, 1.807) is 30.6 Å². The molecule has 0 bridgehead atoms. The van der Waals surface area contributed by atoms with Gasteiger partial charge in [-0.25, -0.2) is 19.3 Å². The predicted octanol–water partition coefficient (Wildman–Crippen LogP) is 7.39. The molecular weight excluding hydrogens is 877 g/mol. The molecule has 0 aliphatic carbocycles. The molecule has 15 nitrogen and oxygen atoms in total. The van der Waals surface area contributed by atoms with Crippen LogP contribution in [0.4, 0.5) is 15.9 Å². The Bertz CT molecular complexity index is 2400. The third-order valence-corrected chi connectivity index (χ3v) is 12.1. The first-order chi connectivity index (χ1) is 31.2. The number of amides is 3. The fourth-order valence-corrected chi connectivity index (χ4v) is 8.30. The Hall–Kier alpha value is -5.46. The van der Waals surface area contributed by atoms with Crippen LogP contribution in [0.25, 0.3) is 21.3 Å². The second kappa shape index (κ2) is 23.1. The molecule has 3 amide bonds. The first-order valence-corrected chi connectivity index (χ1v) is 22.9. The lowest BCUT2D eigenvalue weighted by atomic mass is 9.85. The number of methoxy groups -OCH3 is 1. The summed E-state index contributed by atoms with van der Waals surface area (Å²) in [5.41, 5.74) is 5.25. The van der Waals surface area contributed by atoms with E-state index in [1.807, 2.05) is 63.5 Å². The summed E-state index contributed by atoms with van der Waals surface area (Å²) in [6.07, 6.45) is 3.14. The Labute approximate surface area is 387 Å². The number of β-amino-alcohol motifs (C(OH)–C–C–N with tert-alkyl or cyclic N) is 1. The Morgan fingerprint density at radius 1 is 0.954 bits per heavy atom. The Balaban J connectivity index is 0.864. The maximum atomic E-state index is 14.0. The summed E-state index contributed by atoms with van der Waals surface area (Å²) in [5, 5.41) is 20.2. The molecule has 0 radical (unpaired) electrons. The smallest absolute Gasteiger partial charge is 0.246 e. The van der Waals surface area contributed by atoms with E-state index in [2.05, 4.69) is 30.9 Å². The van der Waals surface area contributed by atoms with Crippen molar-refractivity contribution in [2.45, 2.75) is 84.5 Å². The van der Waals surface area contributed by atoms with E-state index in [1.165, 1.54) is 23.4 Å². The summed E-state index contributed by atoms with van der Waals surface area (Å²) in [6, 6.07) is 14.0. The van der Waals surface area contributed by atoms with Gasteiger partial charge in [0.15, 0.2) is 11.5 Å². The number of benzene rings is 3. The number of aromatic nitrogens is 3. The van der Waals surface area contributed by atoms with Crippen molar-refractivity contribution < 1.29 is 42.8 Å². The SMILES string of the molecule is COc1cc2ncnc(Nc3ccc(F)c(Cl)c3)c2cc1OCCCCCOCCOCCC(=O)N[C@H](C(=O)N1CC(O)CC1C(=O)NCc1ccc(-c2scnc2C)cc1)C(C)(C)C. The van der Waals surface area contributed by atoms with E-state index in [9.17, 15) is 23.9 Å². The van der Waals surface area contributed by atoms with Crippen LogP contribution in [0.3, 0.4) is 0 Å². The van der Waals surface area contributed by atoms with Crippen LogP contribution < -0.4 is 25.4 Å². The second-order valence-electron chi connectivity index (χ2n) is 16.8. The van der Waals surface area contributed by atoms with Gasteiger partial charge < -0.3 is 44.9 Å². The zero-order valence-electron chi connectivity index (χ0n) is 37.3. The highest BCUT2D eigenvalue weighted by Gasteiger charge is 2.44. The molecule has 1 saturated heterocycles. The van der Waals surface area contributed by atoms with E-state index in [4.69, 9.17) is 30.5 Å². The number of nitrogens with zero attached hydrogens (tertiary/aromatic N) is 4. The average Bonchev–Trinajstić information content (AvgIpc) is 3.90. The molecule has 3 atom stereocenters. The molecule has 1 aliphatic rings. The van der Waals surface area contributed by atoms with Crippen LogP contribution in [0.1, 0.15) is 64.1 Å². The number of nitrogens with one attached hydrogen (secondary N) is 3. The fraction of sp³-hybridized carbons (Fsp3) is 0.447. The monoisotopic (exact) mass is 933 g/mol. The number of aryl methyl sites for hydroxylation is 1. The van der Waals surface area contributed by atoms with Crippen molar-refractivity contribution in [3.8, 4) is 21.9 Å². The maximum Gasteiger partial charge on any atom is 0.246 e. The van der Waals surface area contributed by atoms with Crippen molar-refractivity contribution in [2.24, 2.45) is 5.41 Å². The number of unbranched alkanes of at least 4 members (excludes halogenated alkanes) is 2. The molecule has 0 saturated carbocycles. The van der Waals surface area contributed by atoms with Crippen LogP contribution >= 0.6 is 22.9 Å². The highest BCUT2D eigenvalue weighted by atomic mass is 35.5. The van der Waals surface area contributed by atoms with Crippen LogP contribution in [0.5, 0.6) is 11.5 Å². The van der Waals surface area contributed by atoms with Gasteiger partial charge in [0.1, 0.15) is 30.0 Å². The summed E-state index contributed by atoms with van der Waals surface area (Å²) in [7, 11) is 1.56. The van der Waals surface area contributed by atoms with Crippen molar-refractivity contribution in [3.05, 3.63) is 88.5 Å². The van der Waals surface area contributed by atoms with E-state index < -0.39 is 35.3 Å². The van der Waals surface area contributed by atoms with E-state index in [-0.39, 0.29) is 49.4 Å². The lowest BCUT2D eigenvalue weighted by Crippen LogP contribution is -2.57. The van der Waals surface area contributed by atoms with Gasteiger partial charge in [0.25, 0.3) is 0 Å². The predicted molar refractivity (Wildman–Crippen MR) is 248 cm³/mol. The second-order valence-corrected chi connectivity index (χ2v) is 18.1. The minimum atomic E-state index is -0.930. The number of hydrogen-bond donors (Lipinski definition) is 4. The van der Waals surface area contributed by atoms with Crippen LogP contribution in [0, 0.1) is 18.2 Å². The van der Waals surface area contributed by atoms with Gasteiger partial charge >= 0.3 is 0 Å². The van der Waals surface area contributed by atoms with Gasteiger partial charge in [-0.05, 0) is 67.0 Å². The van der Waals surface area contributed by atoms with Crippen LogP contribution in [0.2, 0.25) is 5.02 Å². The van der Waals surface area contributed by atoms with E-state index in [0.29, 0.717) is 60.3 Å². The van der Waals surface area contributed by atoms with Crippen molar-refractivity contribution in [1.29, 1.82) is 0 Å². The van der Waals surface area contributed by atoms with Gasteiger partial charge in [-0.1, -0.05) is 56.6 Å². The fourth-order valence-electron chi connectivity index (χ4n) is 7.31. The maximum absolute atomic E-state index is 14.0. The van der Waals surface area contributed by atoms with Gasteiger partial charge in [-0.2, -0.15) is 0 Å². The number of carbonyl (C=O) groups is 3. The van der Waals surface area contributed by atoms with Gasteiger partial charge in [-0.15, -0.1) is 11.3 Å². The summed E-state index contributed by atoms with van der Waals surface area (Å²) < 4.78 is 36.7. The van der Waals surface area contributed by atoms with E-state index >= 15 is 0 Å². The molecule has 2 unspecified atom stereocenters. The summed E-state index contributed by atoms with van der Waals surface area (Å²) in [4.78, 5) is 55.9. The number of thiazole rings is 1. The van der Waals surface area contributed by atoms with Crippen molar-refractivity contribution in [1.82, 2.24) is 30.5 Å². The minimum Gasteiger partial charge on any atom is -0.493 e. The number of aliphatic hydroxyl groups excluding tert-OH is 1. The van der Waals surface area contributed by atoms with E-state index in [0.717, 1.165) is 41.0 Å². The lowest BCUT2D eigenvalue weighted by molar-refractivity contribution is -0.144. The molecule has 3 aromatic carbocycles. The molecule has 348 valence electrons. The van der Waals surface area contributed by atoms with Crippen LogP contribution in [0.15, 0.2) is 66.4 Å². The van der Waals surface area contributed by atoms with Crippen molar-refractivity contribution >= 4 is 63.1 Å². The molecule has 1 aliphatic heterocycles. The summed E-state index contributed by atoms with van der Waals surface area (Å²) in [6.45, 7) is 9.52. The number of hydrogen-bond acceptors (Lipinski definition) is 13. The van der Waals surface area contributed by atoms with Gasteiger partial charge in [0, 0.05) is 49.7 Å². The van der Waals surface area contributed by atoms with Crippen LogP contribution in [-0.4, -0.2) is 108 Å². The Morgan fingerprint density at radius 3 is 2.42 bits per heavy atom. The molecule has 1 fully saturated rings. The molecular formula is C47H57ClFN7O8S. The average molecular weight is 935 g/mol. The Morgan fingerprint density at radius 2 is 1.71 bits per heavy atom. The number of ether oxygens (including phenoxy) is 4. The quantitative estimate of drug-likeness (QED) is 0.0506. The molecule has 0 spiro atoms. The highest BCUT2D eigenvalue weighted by molar-refractivity contribution is 7.13. The molecule has 6 rings (SSSR count). The highest BCUT2D eigenvalue weighted by Crippen LogP contribution is 2.35. The number of rotatable bonds is 22. The molecule has 3 heterocycles. The summed E-state index contributed by atoms with van der Waals surface area (Å²) in [5.74, 6) is -0.0851. The summed E-state index contributed by atoms with van der Waals surface area (Å²) >= 11 is 7.53. The number of aliphatic hydroxyl groups is 1. The topological polar surface area (TPSA) is 186 Å². The van der Waals surface area contributed by atoms with Crippen molar-refractivity contribution in [2.75, 3.05) is 52.0 Å². The minimum absolute atomic E-state index is 0.00435. The zero-order chi connectivity index (χ0) is 46.5. The molecule has 5 aromatic rings. The van der Waals surface area contributed by atoms with Gasteiger partial charge in [-0.3, -0.25) is 14.4 Å². The number of carbonyl (C=O) groups excluding carboxylic acids is 3. The van der Waals surface area contributed by atoms with Gasteiger partial charge in [0.05, 0.1) is 66.3 Å². The third-order valence-electron chi connectivity index (χ3n) is 10.9. The molecule has 2 aromatic heterocycles. The number of likely N-dealkylation sites (tertiary alicyclic amines) is 1. The number of fused-ring (bicyclic) bond motifs is 1. The lowest BCUT2D eigenvalue weighted by Gasteiger charge is -2.35. The number of halogens is 2. The van der Waals surface area contributed by atoms with Gasteiger partial charge in [0.2, 0.25) is 17.7 Å². The third kappa shape index (κ3) is 13.5. The first-order valence-electron chi connectivity index (χ1n) is 21.6.